The number of aryl methyl sites for hydroxylation is 1. The molecule has 0 aliphatic heterocycles. The Morgan fingerprint density at radius 1 is 1.36 bits per heavy atom. The molecule has 14 heavy (non-hydrogen) atoms. The lowest BCUT2D eigenvalue weighted by molar-refractivity contribution is 0.821. The molecule has 0 atom stereocenters. The number of aromatic nitrogens is 1. The van der Waals surface area contributed by atoms with Gasteiger partial charge in [-0.05, 0) is 31.0 Å². The molecular weight excluding hydrogens is 212 g/mol. The predicted molar refractivity (Wildman–Crippen MR) is 62.9 cm³/mol. The molecule has 0 spiro atoms. The molecule has 2 rings (SSSR count). The summed E-state index contributed by atoms with van der Waals surface area (Å²) in [4.78, 5) is 5.73. The minimum atomic E-state index is 0.930. The molecular formula is C10H12N2S2. The molecule has 4 heteroatoms. The SMILES string of the molecule is CNCc1csc(-c2csc(C)n2)c1. The van der Waals surface area contributed by atoms with Crippen LogP contribution in [0.5, 0.6) is 0 Å². The second-order valence-electron chi connectivity index (χ2n) is 3.10. The maximum Gasteiger partial charge on any atom is 0.0914 e. The third kappa shape index (κ3) is 2.03. The maximum absolute atomic E-state index is 4.46. The molecule has 0 unspecified atom stereocenters. The Morgan fingerprint density at radius 3 is 2.86 bits per heavy atom. The first kappa shape index (κ1) is 9.83. The number of nitrogens with zero attached hydrogens (tertiary/aromatic N) is 1. The van der Waals surface area contributed by atoms with Gasteiger partial charge in [-0.3, -0.25) is 0 Å². The molecule has 0 fully saturated rings. The fourth-order valence-electron chi connectivity index (χ4n) is 1.28. The minimum Gasteiger partial charge on any atom is -0.316 e. The minimum absolute atomic E-state index is 0.930. The van der Waals surface area contributed by atoms with Crippen molar-refractivity contribution in [1.82, 2.24) is 10.3 Å². The van der Waals surface area contributed by atoms with Crippen LogP contribution in [0.4, 0.5) is 0 Å². The van der Waals surface area contributed by atoms with Gasteiger partial charge in [-0.1, -0.05) is 0 Å². The Hall–Kier alpha value is -0.710. The summed E-state index contributed by atoms with van der Waals surface area (Å²) < 4.78 is 0. The van der Waals surface area contributed by atoms with Crippen molar-refractivity contribution in [1.29, 1.82) is 0 Å². The smallest absolute Gasteiger partial charge is 0.0914 e. The van der Waals surface area contributed by atoms with Crippen LogP contribution < -0.4 is 5.32 Å². The highest BCUT2D eigenvalue weighted by molar-refractivity contribution is 7.14. The van der Waals surface area contributed by atoms with Crippen molar-refractivity contribution in [3.63, 3.8) is 0 Å². The Morgan fingerprint density at radius 2 is 2.21 bits per heavy atom. The zero-order valence-electron chi connectivity index (χ0n) is 8.20. The molecule has 0 bridgehead atoms. The zero-order chi connectivity index (χ0) is 9.97. The van der Waals surface area contributed by atoms with Gasteiger partial charge in [-0.2, -0.15) is 0 Å². The summed E-state index contributed by atoms with van der Waals surface area (Å²) in [5, 5.41) is 8.57. The number of thiazole rings is 1. The van der Waals surface area contributed by atoms with Gasteiger partial charge < -0.3 is 5.32 Å². The quantitative estimate of drug-likeness (QED) is 0.867. The van der Waals surface area contributed by atoms with Gasteiger partial charge >= 0.3 is 0 Å². The van der Waals surface area contributed by atoms with Crippen LogP contribution in [0, 0.1) is 6.92 Å². The maximum atomic E-state index is 4.46. The summed E-state index contributed by atoms with van der Waals surface area (Å²) in [5.41, 5.74) is 2.44. The van der Waals surface area contributed by atoms with E-state index in [1.165, 1.54) is 10.4 Å². The highest BCUT2D eigenvalue weighted by Gasteiger charge is 2.04. The molecule has 0 aliphatic rings. The van der Waals surface area contributed by atoms with E-state index < -0.39 is 0 Å². The number of hydrogen-bond acceptors (Lipinski definition) is 4. The average molecular weight is 224 g/mol. The van der Waals surface area contributed by atoms with Gasteiger partial charge in [-0.25, -0.2) is 4.98 Å². The van der Waals surface area contributed by atoms with Gasteiger partial charge in [0.2, 0.25) is 0 Å². The lowest BCUT2D eigenvalue weighted by atomic mass is 10.3. The summed E-state index contributed by atoms with van der Waals surface area (Å²) in [7, 11) is 1.96. The predicted octanol–water partition coefficient (Wildman–Crippen LogP) is 2.90. The first-order valence-electron chi connectivity index (χ1n) is 4.44. The number of nitrogens with one attached hydrogen (secondary N) is 1. The summed E-state index contributed by atoms with van der Waals surface area (Å²) in [6, 6.07) is 2.20. The summed E-state index contributed by atoms with van der Waals surface area (Å²) >= 11 is 3.46. The van der Waals surface area contributed by atoms with Crippen molar-refractivity contribution >= 4 is 22.7 Å². The fourth-order valence-corrected chi connectivity index (χ4v) is 2.85. The monoisotopic (exact) mass is 224 g/mol. The number of thiophene rings is 1. The molecule has 2 heterocycles. The standard InChI is InChI=1S/C10H12N2S2/c1-7-12-9(6-13-7)10-3-8(4-11-2)5-14-10/h3,5-6,11H,4H2,1-2H3. The first-order chi connectivity index (χ1) is 6.79. The van der Waals surface area contributed by atoms with E-state index in [9.17, 15) is 0 Å². The van der Waals surface area contributed by atoms with Gasteiger partial charge in [0.15, 0.2) is 0 Å². The van der Waals surface area contributed by atoms with Gasteiger partial charge in [0.05, 0.1) is 15.6 Å². The summed E-state index contributed by atoms with van der Waals surface area (Å²) in [5.74, 6) is 0. The molecule has 0 aliphatic carbocycles. The van der Waals surface area contributed by atoms with Crippen molar-refractivity contribution in [2.24, 2.45) is 0 Å². The van der Waals surface area contributed by atoms with E-state index in [1.54, 1.807) is 22.7 Å². The normalized spacial score (nSPS) is 10.7. The molecule has 0 saturated carbocycles. The van der Waals surface area contributed by atoms with Crippen LogP contribution >= 0.6 is 22.7 Å². The Kier molecular flexibility index (Phi) is 2.96. The van der Waals surface area contributed by atoms with Crippen LogP contribution in [0.15, 0.2) is 16.8 Å². The van der Waals surface area contributed by atoms with Crippen molar-refractivity contribution in [2.45, 2.75) is 13.5 Å². The second-order valence-corrected chi connectivity index (χ2v) is 5.07. The zero-order valence-corrected chi connectivity index (χ0v) is 9.84. The molecule has 0 saturated heterocycles. The lowest BCUT2D eigenvalue weighted by Crippen LogP contribution is -2.03. The molecule has 2 aromatic rings. The summed E-state index contributed by atoms with van der Waals surface area (Å²) in [6.45, 7) is 2.97. The van der Waals surface area contributed by atoms with E-state index in [0.29, 0.717) is 0 Å². The van der Waals surface area contributed by atoms with Crippen molar-refractivity contribution < 1.29 is 0 Å². The molecule has 0 aromatic carbocycles. The fraction of sp³-hybridized carbons (Fsp3) is 0.300. The topological polar surface area (TPSA) is 24.9 Å². The van der Waals surface area contributed by atoms with E-state index in [4.69, 9.17) is 0 Å². The average Bonchev–Trinajstić information content (AvgIpc) is 2.74. The van der Waals surface area contributed by atoms with Gasteiger partial charge in [-0.15, -0.1) is 22.7 Å². The molecule has 2 aromatic heterocycles. The van der Waals surface area contributed by atoms with Gasteiger partial charge in [0.1, 0.15) is 0 Å². The van der Waals surface area contributed by atoms with Gasteiger partial charge in [0, 0.05) is 11.9 Å². The van der Waals surface area contributed by atoms with E-state index in [-0.39, 0.29) is 0 Å². The van der Waals surface area contributed by atoms with Crippen molar-refractivity contribution in [3.05, 3.63) is 27.4 Å². The van der Waals surface area contributed by atoms with Gasteiger partial charge in [0.25, 0.3) is 0 Å². The third-order valence-electron chi connectivity index (χ3n) is 1.91. The van der Waals surface area contributed by atoms with E-state index in [2.05, 4.69) is 27.1 Å². The van der Waals surface area contributed by atoms with E-state index >= 15 is 0 Å². The van der Waals surface area contributed by atoms with Crippen LogP contribution in [-0.2, 0) is 6.54 Å². The van der Waals surface area contributed by atoms with Crippen LogP contribution in [0.2, 0.25) is 0 Å². The lowest BCUT2D eigenvalue weighted by Gasteiger charge is -1.91. The summed E-state index contributed by atoms with van der Waals surface area (Å²) in [6.07, 6.45) is 0. The highest BCUT2D eigenvalue weighted by atomic mass is 32.1. The van der Waals surface area contributed by atoms with Crippen LogP contribution in [0.3, 0.4) is 0 Å². The molecule has 2 nitrogen and oxygen atoms in total. The molecule has 74 valence electrons. The van der Waals surface area contributed by atoms with Crippen molar-refractivity contribution in [3.8, 4) is 10.6 Å². The van der Waals surface area contributed by atoms with Crippen LogP contribution in [-0.4, -0.2) is 12.0 Å². The Balaban J connectivity index is 2.24. The van der Waals surface area contributed by atoms with Crippen molar-refractivity contribution in [2.75, 3.05) is 7.05 Å². The van der Waals surface area contributed by atoms with E-state index in [0.717, 1.165) is 17.2 Å². The molecule has 1 N–H and O–H groups in total. The van der Waals surface area contributed by atoms with Crippen LogP contribution in [0.1, 0.15) is 10.6 Å². The first-order valence-corrected chi connectivity index (χ1v) is 6.20. The molecule has 0 radical (unpaired) electrons. The number of rotatable bonds is 3. The van der Waals surface area contributed by atoms with E-state index in [1.807, 2.05) is 14.0 Å². The second kappa shape index (κ2) is 4.21. The van der Waals surface area contributed by atoms with Crippen LogP contribution in [0.25, 0.3) is 10.6 Å². The Bertz CT molecular complexity index is 417. The Labute approximate surface area is 91.6 Å². The highest BCUT2D eigenvalue weighted by Crippen LogP contribution is 2.27. The largest absolute Gasteiger partial charge is 0.316 e. The molecule has 0 amide bonds. The number of hydrogen-bond donors (Lipinski definition) is 1. The third-order valence-corrected chi connectivity index (χ3v) is 3.68.